The van der Waals surface area contributed by atoms with E-state index < -0.39 is 11.4 Å². The van der Waals surface area contributed by atoms with Crippen molar-refractivity contribution in [1.82, 2.24) is 0 Å². The van der Waals surface area contributed by atoms with Crippen LogP contribution in [0.15, 0.2) is 22.7 Å². The minimum Gasteiger partial charge on any atom is -0.325 e. The fourth-order valence-electron chi connectivity index (χ4n) is 1.20. The maximum atomic E-state index is 13.3. The molecule has 0 aliphatic carbocycles. The van der Waals surface area contributed by atoms with Crippen LogP contribution in [0.3, 0.4) is 0 Å². The van der Waals surface area contributed by atoms with Crippen LogP contribution < -0.4 is 11.1 Å². The average molecular weight is 289 g/mol. The Hall–Kier alpha value is -0.940. The third-order valence-electron chi connectivity index (χ3n) is 1.82. The van der Waals surface area contributed by atoms with Crippen molar-refractivity contribution in [2.75, 3.05) is 5.32 Å². The van der Waals surface area contributed by atoms with Gasteiger partial charge >= 0.3 is 0 Å². The van der Waals surface area contributed by atoms with Gasteiger partial charge in [-0.2, -0.15) is 0 Å². The molecule has 0 saturated carbocycles. The fraction of sp³-hybridized carbons (Fsp3) is 0.364. The molecular formula is C11H14BrFN2O. The van der Waals surface area contributed by atoms with Crippen LogP contribution in [0.25, 0.3) is 0 Å². The van der Waals surface area contributed by atoms with Crippen molar-refractivity contribution in [3.8, 4) is 0 Å². The molecule has 1 amide bonds. The molecular weight excluding hydrogens is 275 g/mol. The first-order valence-electron chi connectivity index (χ1n) is 4.82. The van der Waals surface area contributed by atoms with Gasteiger partial charge in [0.2, 0.25) is 5.91 Å². The molecule has 1 aromatic carbocycles. The second-order valence-electron chi connectivity index (χ2n) is 4.34. The smallest absolute Gasteiger partial charge is 0.226 e. The first-order chi connectivity index (χ1) is 7.28. The van der Waals surface area contributed by atoms with Crippen LogP contribution in [0.2, 0.25) is 0 Å². The number of nitrogens with two attached hydrogens (primary N) is 1. The van der Waals surface area contributed by atoms with Gasteiger partial charge in [-0.25, -0.2) is 4.39 Å². The quantitative estimate of drug-likeness (QED) is 0.898. The van der Waals surface area contributed by atoms with Crippen molar-refractivity contribution in [3.63, 3.8) is 0 Å². The fourth-order valence-corrected chi connectivity index (χ4v) is 1.56. The molecule has 5 heteroatoms. The van der Waals surface area contributed by atoms with Gasteiger partial charge in [-0.15, -0.1) is 0 Å². The van der Waals surface area contributed by atoms with Crippen LogP contribution in [0.5, 0.6) is 0 Å². The number of anilines is 1. The van der Waals surface area contributed by atoms with Crippen LogP contribution in [-0.4, -0.2) is 11.4 Å². The van der Waals surface area contributed by atoms with Crippen molar-refractivity contribution in [2.24, 2.45) is 5.73 Å². The van der Waals surface area contributed by atoms with Crippen molar-refractivity contribution in [2.45, 2.75) is 25.8 Å². The van der Waals surface area contributed by atoms with E-state index in [0.29, 0.717) is 4.47 Å². The molecule has 0 unspecified atom stereocenters. The summed E-state index contributed by atoms with van der Waals surface area (Å²) in [6.45, 7) is 3.48. The second-order valence-corrected chi connectivity index (χ2v) is 5.25. The third kappa shape index (κ3) is 4.28. The summed E-state index contributed by atoms with van der Waals surface area (Å²) in [4.78, 5) is 11.5. The summed E-state index contributed by atoms with van der Waals surface area (Å²) in [7, 11) is 0. The van der Waals surface area contributed by atoms with Crippen LogP contribution in [-0.2, 0) is 4.79 Å². The Balaban J connectivity index is 2.73. The largest absolute Gasteiger partial charge is 0.325 e. The van der Waals surface area contributed by atoms with E-state index in [1.165, 1.54) is 12.1 Å². The molecule has 0 aliphatic rings. The van der Waals surface area contributed by atoms with Gasteiger partial charge in [0.25, 0.3) is 0 Å². The zero-order valence-corrected chi connectivity index (χ0v) is 10.8. The molecule has 0 spiro atoms. The number of benzene rings is 1. The second kappa shape index (κ2) is 4.93. The van der Waals surface area contributed by atoms with E-state index in [4.69, 9.17) is 5.73 Å². The molecule has 1 aromatic rings. The highest BCUT2D eigenvalue weighted by Gasteiger charge is 2.17. The summed E-state index contributed by atoms with van der Waals surface area (Å²) in [5.74, 6) is -0.768. The zero-order chi connectivity index (χ0) is 12.3. The van der Waals surface area contributed by atoms with Gasteiger partial charge in [0.15, 0.2) is 0 Å². The Kier molecular flexibility index (Phi) is 4.04. The summed E-state index contributed by atoms with van der Waals surface area (Å²) in [6.07, 6.45) is 0.138. The van der Waals surface area contributed by atoms with Crippen LogP contribution in [0.4, 0.5) is 10.1 Å². The molecule has 16 heavy (non-hydrogen) atoms. The van der Waals surface area contributed by atoms with E-state index in [1.807, 2.05) is 0 Å². The zero-order valence-electron chi connectivity index (χ0n) is 9.18. The maximum Gasteiger partial charge on any atom is 0.226 e. The molecule has 0 saturated heterocycles. The number of halogens is 2. The van der Waals surface area contributed by atoms with Gasteiger partial charge in [-0.3, -0.25) is 4.79 Å². The number of hydrogen-bond donors (Lipinski definition) is 2. The average Bonchev–Trinajstić information content (AvgIpc) is 2.08. The molecule has 0 heterocycles. The summed E-state index contributed by atoms with van der Waals surface area (Å²) in [6, 6.07) is 4.36. The lowest BCUT2D eigenvalue weighted by atomic mass is 10.0. The van der Waals surface area contributed by atoms with E-state index >= 15 is 0 Å². The third-order valence-corrected chi connectivity index (χ3v) is 2.31. The highest BCUT2D eigenvalue weighted by molar-refractivity contribution is 9.10. The minimum atomic E-state index is -0.605. The molecule has 0 radical (unpaired) electrons. The highest BCUT2D eigenvalue weighted by Crippen LogP contribution is 2.20. The van der Waals surface area contributed by atoms with Crippen LogP contribution in [0.1, 0.15) is 20.3 Å². The predicted octanol–water partition coefficient (Wildman–Crippen LogP) is 2.65. The van der Waals surface area contributed by atoms with E-state index in [1.54, 1.807) is 19.9 Å². The van der Waals surface area contributed by atoms with Crippen molar-refractivity contribution in [3.05, 3.63) is 28.5 Å². The van der Waals surface area contributed by atoms with E-state index in [-0.39, 0.29) is 18.0 Å². The number of carbonyl (C=O) groups is 1. The molecule has 0 aliphatic heterocycles. The summed E-state index contributed by atoms with van der Waals surface area (Å²) in [5.41, 5.74) is 5.25. The molecule has 3 nitrogen and oxygen atoms in total. The van der Waals surface area contributed by atoms with Gasteiger partial charge in [0.05, 0.1) is 5.69 Å². The maximum absolute atomic E-state index is 13.3. The Labute approximate surface area is 102 Å². The predicted molar refractivity (Wildman–Crippen MR) is 65.6 cm³/mol. The molecule has 1 rings (SSSR count). The van der Waals surface area contributed by atoms with Crippen molar-refractivity contribution in [1.29, 1.82) is 0 Å². The Morgan fingerprint density at radius 1 is 1.56 bits per heavy atom. The summed E-state index contributed by atoms with van der Waals surface area (Å²) in [5, 5.41) is 2.48. The lowest BCUT2D eigenvalue weighted by molar-refractivity contribution is -0.117. The highest BCUT2D eigenvalue weighted by atomic mass is 79.9. The molecule has 88 valence electrons. The number of hydrogen-bond acceptors (Lipinski definition) is 2. The Morgan fingerprint density at radius 2 is 2.19 bits per heavy atom. The molecule has 0 fully saturated rings. The van der Waals surface area contributed by atoms with E-state index in [2.05, 4.69) is 21.2 Å². The van der Waals surface area contributed by atoms with E-state index in [0.717, 1.165) is 0 Å². The van der Waals surface area contributed by atoms with Gasteiger partial charge in [0.1, 0.15) is 5.82 Å². The topological polar surface area (TPSA) is 55.1 Å². The SMILES string of the molecule is CC(C)(N)CC(=O)Nc1cc(Br)ccc1F. The van der Waals surface area contributed by atoms with Gasteiger partial charge in [-0.1, -0.05) is 15.9 Å². The van der Waals surface area contributed by atoms with Crippen molar-refractivity contribution < 1.29 is 9.18 Å². The standard InChI is InChI=1S/C11H14BrFN2O/c1-11(2,14)6-10(16)15-9-5-7(12)3-4-8(9)13/h3-5H,6,14H2,1-2H3,(H,15,16). The summed E-state index contributed by atoms with van der Waals surface area (Å²) < 4.78 is 14.0. The lowest BCUT2D eigenvalue weighted by Gasteiger charge is -2.17. The molecule has 0 aromatic heterocycles. The van der Waals surface area contributed by atoms with Crippen molar-refractivity contribution >= 4 is 27.5 Å². The monoisotopic (exact) mass is 288 g/mol. The first-order valence-corrected chi connectivity index (χ1v) is 5.61. The number of rotatable bonds is 3. The Bertz CT molecular complexity index is 401. The minimum absolute atomic E-state index is 0.138. The Morgan fingerprint density at radius 3 is 2.75 bits per heavy atom. The first kappa shape index (κ1) is 13.1. The summed E-state index contributed by atoms with van der Waals surface area (Å²) >= 11 is 3.20. The van der Waals surface area contributed by atoms with Crippen LogP contribution in [0, 0.1) is 5.82 Å². The van der Waals surface area contributed by atoms with Crippen LogP contribution >= 0.6 is 15.9 Å². The van der Waals surface area contributed by atoms with Gasteiger partial charge in [0, 0.05) is 16.4 Å². The molecule has 0 atom stereocenters. The molecule has 3 N–H and O–H groups in total. The van der Waals surface area contributed by atoms with E-state index in [9.17, 15) is 9.18 Å². The number of amides is 1. The van der Waals surface area contributed by atoms with Gasteiger partial charge in [-0.05, 0) is 32.0 Å². The normalized spacial score (nSPS) is 11.3. The number of nitrogens with one attached hydrogen (secondary N) is 1. The lowest BCUT2D eigenvalue weighted by Crippen LogP contribution is -2.36. The number of carbonyl (C=O) groups excluding carboxylic acids is 1. The van der Waals surface area contributed by atoms with Gasteiger partial charge < -0.3 is 11.1 Å². The molecule has 0 bridgehead atoms.